The second kappa shape index (κ2) is 6.88. The van der Waals surface area contributed by atoms with E-state index in [0.29, 0.717) is 18.9 Å². The summed E-state index contributed by atoms with van der Waals surface area (Å²) in [5.74, 6) is -0.354. The van der Waals surface area contributed by atoms with Gasteiger partial charge >= 0.3 is 5.97 Å². The molecular weight excluding hydrogens is 326 g/mol. The summed E-state index contributed by atoms with van der Waals surface area (Å²) in [5, 5.41) is 0.929. The van der Waals surface area contributed by atoms with Crippen molar-refractivity contribution in [3.8, 4) is 0 Å². The van der Waals surface area contributed by atoms with Gasteiger partial charge in [-0.2, -0.15) is 0 Å². The number of carbonyl (C=O) groups is 1. The Balaban J connectivity index is 2.27. The number of hydrogen-bond donors (Lipinski definition) is 1. The van der Waals surface area contributed by atoms with E-state index in [0.717, 1.165) is 20.9 Å². The molecule has 1 N–H and O–H groups in total. The molecule has 6 heteroatoms. The summed E-state index contributed by atoms with van der Waals surface area (Å²) in [5.41, 5.74) is 2.30. The molecule has 0 aliphatic carbocycles. The van der Waals surface area contributed by atoms with E-state index >= 15 is 0 Å². The van der Waals surface area contributed by atoms with Crippen LogP contribution >= 0.6 is 15.9 Å². The molecule has 2 rings (SSSR count). The minimum atomic E-state index is -0.354. The zero-order valence-corrected chi connectivity index (χ0v) is 13.0. The molecule has 0 unspecified atom stereocenters. The number of hydrogen-bond acceptors (Lipinski definition) is 4. The molecule has 0 bridgehead atoms. The lowest BCUT2D eigenvalue weighted by Gasteiger charge is -2.04. The maximum Gasteiger partial charge on any atom is 0.354 e. The number of nitrogens with one attached hydrogen (secondary N) is 1. The number of fused-ring (bicyclic) bond motifs is 1. The van der Waals surface area contributed by atoms with Crippen LogP contribution in [-0.4, -0.2) is 31.5 Å². The van der Waals surface area contributed by atoms with Crippen molar-refractivity contribution in [2.45, 2.75) is 13.5 Å². The first kappa shape index (κ1) is 15.0. The molecule has 108 valence electrons. The molecule has 0 amide bonds. The SMILES string of the molecule is CCOC(=O)c1cc2cc(COCOC)cc(Br)c2[nH]1. The van der Waals surface area contributed by atoms with Crippen LogP contribution in [0, 0.1) is 0 Å². The topological polar surface area (TPSA) is 60.6 Å². The molecule has 0 saturated heterocycles. The molecular formula is C14H16BrNO4. The first-order chi connectivity index (χ1) is 9.65. The van der Waals surface area contributed by atoms with Gasteiger partial charge < -0.3 is 19.2 Å². The molecule has 2 aromatic rings. The molecule has 1 aromatic heterocycles. The summed E-state index contributed by atoms with van der Waals surface area (Å²) in [7, 11) is 1.58. The molecule has 0 fully saturated rings. The van der Waals surface area contributed by atoms with Crippen LogP contribution in [0.1, 0.15) is 23.0 Å². The van der Waals surface area contributed by atoms with Crippen LogP contribution in [-0.2, 0) is 20.8 Å². The monoisotopic (exact) mass is 341 g/mol. The molecule has 5 nitrogen and oxygen atoms in total. The van der Waals surface area contributed by atoms with Gasteiger partial charge in [-0.3, -0.25) is 0 Å². The van der Waals surface area contributed by atoms with Crippen LogP contribution in [0.25, 0.3) is 10.9 Å². The molecule has 0 radical (unpaired) electrons. The molecule has 0 aliphatic rings. The second-order valence-corrected chi connectivity index (χ2v) is 5.05. The highest BCUT2D eigenvalue weighted by molar-refractivity contribution is 9.10. The van der Waals surface area contributed by atoms with E-state index in [1.54, 1.807) is 20.1 Å². The van der Waals surface area contributed by atoms with Gasteiger partial charge in [0.1, 0.15) is 12.5 Å². The maximum absolute atomic E-state index is 11.7. The minimum Gasteiger partial charge on any atom is -0.461 e. The largest absolute Gasteiger partial charge is 0.461 e. The number of halogens is 1. The van der Waals surface area contributed by atoms with Gasteiger partial charge in [-0.25, -0.2) is 4.79 Å². The van der Waals surface area contributed by atoms with Gasteiger partial charge in [0.2, 0.25) is 0 Å². The molecule has 0 aliphatic heterocycles. The Morgan fingerprint density at radius 1 is 1.35 bits per heavy atom. The third kappa shape index (κ3) is 3.39. The highest BCUT2D eigenvalue weighted by atomic mass is 79.9. The van der Waals surface area contributed by atoms with Crippen LogP contribution in [0.2, 0.25) is 0 Å². The van der Waals surface area contributed by atoms with Gasteiger partial charge in [-0.05, 0) is 46.6 Å². The Morgan fingerprint density at radius 3 is 2.85 bits per heavy atom. The van der Waals surface area contributed by atoms with Crippen molar-refractivity contribution in [3.63, 3.8) is 0 Å². The Labute approximate surface area is 125 Å². The van der Waals surface area contributed by atoms with E-state index in [4.69, 9.17) is 14.2 Å². The summed E-state index contributed by atoms with van der Waals surface area (Å²) in [6, 6.07) is 5.69. The smallest absolute Gasteiger partial charge is 0.354 e. The van der Waals surface area contributed by atoms with Gasteiger partial charge in [-0.15, -0.1) is 0 Å². The van der Waals surface area contributed by atoms with Gasteiger partial charge in [0.05, 0.1) is 18.7 Å². The standard InChI is InChI=1S/C14H16BrNO4/c1-3-20-14(17)12-6-10-4-9(7-19-8-18-2)5-11(15)13(10)16-12/h4-6,16H,3,7-8H2,1-2H3. The van der Waals surface area contributed by atoms with Gasteiger partial charge in [0.25, 0.3) is 0 Å². The average Bonchev–Trinajstić information content (AvgIpc) is 2.84. The Kier molecular flexibility index (Phi) is 5.17. The molecule has 0 spiro atoms. The lowest BCUT2D eigenvalue weighted by atomic mass is 10.1. The Hall–Kier alpha value is -1.37. The normalized spacial score (nSPS) is 10.9. The number of carbonyl (C=O) groups excluding carboxylic acids is 1. The number of H-pyrrole nitrogens is 1. The summed E-state index contributed by atoms with van der Waals surface area (Å²) in [6.45, 7) is 2.83. The van der Waals surface area contributed by atoms with Gasteiger partial charge in [-0.1, -0.05) is 0 Å². The quantitative estimate of drug-likeness (QED) is 0.497. The van der Waals surface area contributed by atoms with E-state index in [9.17, 15) is 4.79 Å². The lowest BCUT2D eigenvalue weighted by molar-refractivity contribution is -0.0390. The number of methoxy groups -OCH3 is 1. The Bertz CT molecular complexity index is 608. The zero-order chi connectivity index (χ0) is 14.5. The highest BCUT2D eigenvalue weighted by Crippen LogP contribution is 2.27. The van der Waals surface area contributed by atoms with Crippen molar-refractivity contribution < 1.29 is 19.0 Å². The summed E-state index contributed by atoms with van der Waals surface area (Å²) in [6.07, 6.45) is 0. The van der Waals surface area contributed by atoms with Crippen molar-refractivity contribution >= 4 is 32.8 Å². The number of esters is 1. The van der Waals surface area contributed by atoms with Crippen LogP contribution in [0.5, 0.6) is 0 Å². The highest BCUT2D eigenvalue weighted by Gasteiger charge is 2.12. The van der Waals surface area contributed by atoms with Gasteiger partial charge in [0.15, 0.2) is 0 Å². The van der Waals surface area contributed by atoms with Crippen LogP contribution in [0.15, 0.2) is 22.7 Å². The van der Waals surface area contributed by atoms with E-state index in [1.165, 1.54) is 0 Å². The number of rotatable bonds is 6. The third-order valence-electron chi connectivity index (χ3n) is 2.71. The zero-order valence-electron chi connectivity index (χ0n) is 11.4. The number of aromatic nitrogens is 1. The molecule has 20 heavy (non-hydrogen) atoms. The lowest BCUT2D eigenvalue weighted by Crippen LogP contribution is -2.04. The van der Waals surface area contributed by atoms with E-state index in [-0.39, 0.29) is 12.8 Å². The van der Waals surface area contributed by atoms with E-state index in [2.05, 4.69) is 20.9 Å². The summed E-state index contributed by atoms with van der Waals surface area (Å²) in [4.78, 5) is 14.8. The number of aromatic amines is 1. The molecule has 1 heterocycles. The van der Waals surface area contributed by atoms with E-state index < -0.39 is 0 Å². The fraction of sp³-hybridized carbons (Fsp3) is 0.357. The van der Waals surface area contributed by atoms with Crippen molar-refractivity contribution in [3.05, 3.63) is 33.9 Å². The van der Waals surface area contributed by atoms with Crippen molar-refractivity contribution in [2.75, 3.05) is 20.5 Å². The maximum atomic E-state index is 11.7. The predicted octanol–water partition coefficient (Wildman–Crippen LogP) is 3.23. The Morgan fingerprint density at radius 2 is 2.15 bits per heavy atom. The third-order valence-corrected chi connectivity index (χ3v) is 3.33. The van der Waals surface area contributed by atoms with Gasteiger partial charge in [0, 0.05) is 17.0 Å². The first-order valence-electron chi connectivity index (χ1n) is 6.20. The number of ether oxygens (including phenoxy) is 3. The fourth-order valence-corrected chi connectivity index (χ4v) is 2.53. The number of benzene rings is 1. The average molecular weight is 342 g/mol. The van der Waals surface area contributed by atoms with Crippen molar-refractivity contribution in [2.24, 2.45) is 0 Å². The van der Waals surface area contributed by atoms with Crippen molar-refractivity contribution in [1.29, 1.82) is 0 Å². The molecule has 1 aromatic carbocycles. The molecule has 0 atom stereocenters. The fourth-order valence-electron chi connectivity index (χ4n) is 1.90. The van der Waals surface area contributed by atoms with Crippen LogP contribution in [0.4, 0.5) is 0 Å². The summed E-state index contributed by atoms with van der Waals surface area (Å²) < 4.78 is 16.0. The van der Waals surface area contributed by atoms with E-state index in [1.807, 2.05) is 12.1 Å². The molecule has 0 saturated carbocycles. The van der Waals surface area contributed by atoms with Crippen molar-refractivity contribution in [1.82, 2.24) is 4.98 Å². The van der Waals surface area contributed by atoms with Crippen LogP contribution < -0.4 is 0 Å². The predicted molar refractivity (Wildman–Crippen MR) is 78.6 cm³/mol. The second-order valence-electron chi connectivity index (χ2n) is 4.20. The van der Waals surface area contributed by atoms with Crippen LogP contribution in [0.3, 0.4) is 0 Å². The first-order valence-corrected chi connectivity index (χ1v) is 7.00. The summed E-state index contributed by atoms with van der Waals surface area (Å²) >= 11 is 3.49. The minimum absolute atomic E-state index is 0.247.